The Kier molecular flexibility index (Phi) is 6.45. The van der Waals surface area contributed by atoms with Crippen LogP contribution in [0, 0.1) is 5.41 Å². The molecule has 138 valence electrons. The molecule has 0 unspecified atom stereocenters. The molecule has 0 aromatic heterocycles. The highest BCUT2D eigenvalue weighted by atomic mass is 16.5. The lowest BCUT2D eigenvalue weighted by Gasteiger charge is -2.35. The minimum atomic E-state index is 0.0125. The van der Waals surface area contributed by atoms with Gasteiger partial charge in [0.15, 0.2) is 0 Å². The predicted molar refractivity (Wildman–Crippen MR) is 100 cm³/mol. The smallest absolute Gasteiger partial charge is 0.224 e. The molecule has 5 heteroatoms. The van der Waals surface area contributed by atoms with E-state index in [0.29, 0.717) is 13.0 Å². The molecule has 0 atom stereocenters. The lowest BCUT2D eigenvalue weighted by Crippen LogP contribution is -2.36. The number of nitrogens with one attached hydrogen (secondary N) is 1. The van der Waals surface area contributed by atoms with Gasteiger partial charge < -0.3 is 15.8 Å². The van der Waals surface area contributed by atoms with Crippen molar-refractivity contribution in [2.24, 2.45) is 11.1 Å². The molecule has 1 saturated heterocycles. The Morgan fingerprint density at radius 3 is 2.44 bits per heavy atom. The number of ether oxygens (including phenoxy) is 1. The molecule has 1 heterocycles. The van der Waals surface area contributed by atoms with E-state index in [9.17, 15) is 4.79 Å². The summed E-state index contributed by atoms with van der Waals surface area (Å²) in [4.78, 5) is 14.9. The Hall–Kier alpha value is -1.43. The number of hydrogen-bond donors (Lipinski definition) is 2. The number of nitrogens with two attached hydrogens (primary N) is 1. The van der Waals surface area contributed by atoms with Crippen LogP contribution in [0.1, 0.15) is 44.1 Å². The number of nitrogens with zero attached hydrogens (tertiary/aromatic N) is 1. The highest BCUT2D eigenvalue weighted by Gasteiger charge is 2.32. The summed E-state index contributed by atoms with van der Waals surface area (Å²) in [7, 11) is 0. The van der Waals surface area contributed by atoms with Gasteiger partial charge in [0, 0.05) is 31.7 Å². The van der Waals surface area contributed by atoms with Crippen LogP contribution in [-0.2, 0) is 16.1 Å². The van der Waals surface area contributed by atoms with E-state index >= 15 is 0 Å². The summed E-state index contributed by atoms with van der Waals surface area (Å²) in [6.07, 6.45) is 6.36. The van der Waals surface area contributed by atoms with E-state index in [-0.39, 0.29) is 11.3 Å². The van der Waals surface area contributed by atoms with Crippen molar-refractivity contribution >= 4 is 11.6 Å². The summed E-state index contributed by atoms with van der Waals surface area (Å²) in [6, 6.07) is 8.21. The topological polar surface area (TPSA) is 67.6 Å². The molecule has 5 nitrogen and oxygen atoms in total. The average Bonchev–Trinajstić information content (AvgIpc) is 2.65. The molecule has 1 aliphatic carbocycles. The van der Waals surface area contributed by atoms with Gasteiger partial charge in [0.25, 0.3) is 0 Å². The van der Waals surface area contributed by atoms with Gasteiger partial charge in [-0.05, 0) is 42.5 Å². The van der Waals surface area contributed by atoms with Crippen molar-refractivity contribution in [2.75, 3.05) is 38.2 Å². The average molecular weight is 345 g/mol. The van der Waals surface area contributed by atoms with Crippen LogP contribution in [0.3, 0.4) is 0 Å². The van der Waals surface area contributed by atoms with E-state index in [1.807, 2.05) is 12.1 Å². The second kappa shape index (κ2) is 8.79. The van der Waals surface area contributed by atoms with Gasteiger partial charge in [-0.3, -0.25) is 9.69 Å². The van der Waals surface area contributed by atoms with Crippen LogP contribution >= 0.6 is 0 Å². The molecule has 1 aromatic carbocycles. The minimum absolute atomic E-state index is 0.0125. The predicted octanol–water partition coefficient (Wildman–Crippen LogP) is 2.76. The van der Waals surface area contributed by atoms with Crippen molar-refractivity contribution in [3.8, 4) is 0 Å². The summed E-state index contributed by atoms with van der Waals surface area (Å²) in [5.74, 6) is 0.0910. The monoisotopic (exact) mass is 345 g/mol. The van der Waals surface area contributed by atoms with Crippen LogP contribution in [-0.4, -0.2) is 43.7 Å². The van der Waals surface area contributed by atoms with Gasteiger partial charge in [0.05, 0.1) is 13.2 Å². The van der Waals surface area contributed by atoms with Crippen molar-refractivity contribution in [1.82, 2.24) is 4.90 Å². The maximum atomic E-state index is 12.5. The summed E-state index contributed by atoms with van der Waals surface area (Å²) >= 11 is 0. The first-order valence-electron chi connectivity index (χ1n) is 9.58. The Labute approximate surface area is 150 Å². The summed E-state index contributed by atoms with van der Waals surface area (Å²) in [5, 5.41) is 3.05. The van der Waals surface area contributed by atoms with Crippen LogP contribution in [0.4, 0.5) is 5.69 Å². The van der Waals surface area contributed by atoms with Crippen molar-refractivity contribution in [3.63, 3.8) is 0 Å². The second-order valence-corrected chi connectivity index (χ2v) is 7.58. The highest BCUT2D eigenvalue weighted by molar-refractivity contribution is 5.91. The van der Waals surface area contributed by atoms with Gasteiger partial charge in [-0.25, -0.2) is 0 Å². The largest absolute Gasteiger partial charge is 0.379 e. The summed E-state index contributed by atoms with van der Waals surface area (Å²) in [5.41, 5.74) is 8.15. The van der Waals surface area contributed by atoms with E-state index in [1.165, 1.54) is 24.8 Å². The van der Waals surface area contributed by atoms with Crippen molar-refractivity contribution in [2.45, 2.75) is 45.1 Å². The van der Waals surface area contributed by atoms with Crippen LogP contribution in [0.2, 0.25) is 0 Å². The third-order valence-corrected chi connectivity index (χ3v) is 5.63. The first-order chi connectivity index (χ1) is 12.2. The van der Waals surface area contributed by atoms with Gasteiger partial charge in [-0.1, -0.05) is 31.4 Å². The first kappa shape index (κ1) is 18.4. The Bertz CT molecular complexity index is 547. The first-order valence-corrected chi connectivity index (χ1v) is 9.58. The molecule has 0 radical (unpaired) electrons. The molecule has 2 fully saturated rings. The van der Waals surface area contributed by atoms with Crippen LogP contribution < -0.4 is 11.1 Å². The number of hydrogen-bond acceptors (Lipinski definition) is 4. The third kappa shape index (κ3) is 5.27. The quantitative estimate of drug-likeness (QED) is 0.832. The summed E-state index contributed by atoms with van der Waals surface area (Å²) < 4.78 is 5.38. The maximum Gasteiger partial charge on any atom is 0.224 e. The SMILES string of the molecule is NCC1(CC(=O)Nc2ccc(CN3CCOCC3)cc2)CCCCC1. The van der Waals surface area contributed by atoms with E-state index in [0.717, 1.165) is 51.4 Å². The number of carbonyl (C=O) groups excluding carboxylic acids is 1. The van der Waals surface area contributed by atoms with E-state index in [2.05, 4.69) is 22.3 Å². The van der Waals surface area contributed by atoms with E-state index in [1.54, 1.807) is 0 Å². The van der Waals surface area contributed by atoms with E-state index < -0.39 is 0 Å². The maximum absolute atomic E-state index is 12.5. The van der Waals surface area contributed by atoms with Crippen LogP contribution in [0.5, 0.6) is 0 Å². The number of morpholine rings is 1. The zero-order valence-electron chi connectivity index (χ0n) is 15.1. The van der Waals surface area contributed by atoms with Gasteiger partial charge in [0.2, 0.25) is 5.91 Å². The van der Waals surface area contributed by atoms with Crippen molar-refractivity contribution < 1.29 is 9.53 Å². The molecule has 3 rings (SSSR count). The number of rotatable bonds is 6. The van der Waals surface area contributed by atoms with Gasteiger partial charge in [0.1, 0.15) is 0 Å². The molecule has 1 aromatic rings. The standard InChI is InChI=1S/C20H31N3O2/c21-16-20(8-2-1-3-9-20)14-19(24)22-18-6-4-17(5-7-18)15-23-10-12-25-13-11-23/h4-7H,1-3,8-16,21H2,(H,22,24). The van der Waals surface area contributed by atoms with Gasteiger partial charge in [-0.15, -0.1) is 0 Å². The zero-order chi connectivity index (χ0) is 17.5. The third-order valence-electron chi connectivity index (χ3n) is 5.63. The number of anilines is 1. The van der Waals surface area contributed by atoms with Gasteiger partial charge in [-0.2, -0.15) is 0 Å². The Balaban J connectivity index is 1.51. The molecule has 1 saturated carbocycles. The molecule has 1 amide bonds. The zero-order valence-corrected chi connectivity index (χ0v) is 15.1. The Morgan fingerprint density at radius 2 is 1.80 bits per heavy atom. The summed E-state index contributed by atoms with van der Waals surface area (Å²) in [6.45, 7) is 5.15. The fraction of sp³-hybridized carbons (Fsp3) is 0.650. The van der Waals surface area contributed by atoms with Crippen LogP contribution in [0.25, 0.3) is 0 Å². The lowest BCUT2D eigenvalue weighted by molar-refractivity contribution is -0.118. The van der Waals surface area contributed by atoms with Crippen molar-refractivity contribution in [3.05, 3.63) is 29.8 Å². The second-order valence-electron chi connectivity index (χ2n) is 7.58. The lowest BCUT2D eigenvalue weighted by atomic mass is 9.71. The van der Waals surface area contributed by atoms with Crippen molar-refractivity contribution in [1.29, 1.82) is 0 Å². The highest BCUT2D eigenvalue weighted by Crippen LogP contribution is 2.38. The molecule has 0 spiro atoms. The normalized spacial score (nSPS) is 21.0. The fourth-order valence-corrected chi connectivity index (χ4v) is 4.01. The minimum Gasteiger partial charge on any atom is -0.379 e. The number of carbonyl (C=O) groups is 1. The molecule has 2 aliphatic rings. The van der Waals surface area contributed by atoms with Crippen LogP contribution in [0.15, 0.2) is 24.3 Å². The molecule has 1 aliphatic heterocycles. The number of amides is 1. The van der Waals surface area contributed by atoms with Gasteiger partial charge >= 0.3 is 0 Å². The molecule has 3 N–H and O–H groups in total. The van der Waals surface area contributed by atoms with E-state index in [4.69, 9.17) is 10.5 Å². The number of benzene rings is 1. The molecular formula is C20H31N3O2. The molecule has 25 heavy (non-hydrogen) atoms. The Morgan fingerprint density at radius 1 is 1.12 bits per heavy atom. The fourth-order valence-electron chi connectivity index (χ4n) is 4.01. The molecule has 0 bridgehead atoms. The molecular weight excluding hydrogens is 314 g/mol.